The highest BCUT2D eigenvalue weighted by Gasteiger charge is 2.75. The predicted molar refractivity (Wildman–Crippen MR) is 111 cm³/mol. The van der Waals surface area contributed by atoms with Crippen LogP contribution < -0.4 is 0 Å². The Balaban J connectivity index is 1.74. The van der Waals surface area contributed by atoms with Crippen LogP contribution in [0.2, 0.25) is 0 Å². The lowest BCUT2D eigenvalue weighted by Crippen LogP contribution is -2.58. The molecule has 3 aliphatic rings. The fraction of sp³-hybridized carbons (Fsp3) is 0.522. The number of carbonyl (C=O) groups excluding carboxylic acids is 2. The van der Waals surface area contributed by atoms with Crippen molar-refractivity contribution in [2.45, 2.75) is 50.1 Å². The van der Waals surface area contributed by atoms with Crippen molar-refractivity contribution in [3.8, 4) is 0 Å². The van der Waals surface area contributed by atoms with Crippen LogP contribution in [0.15, 0.2) is 43.0 Å². The summed E-state index contributed by atoms with van der Waals surface area (Å²) >= 11 is 0. The molecule has 3 saturated heterocycles. The highest BCUT2D eigenvalue weighted by atomic mass is 16.5. The molecular formula is C23H28N2O6. The first-order valence-electron chi connectivity index (χ1n) is 10.6. The van der Waals surface area contributed by atoms with Crippen LogP contribution in [0.3, 0.4) is 0 Å². The molecule has 31 heavy (non-hydrogen) atoms. The molecule has 166 valence electrons. The van der Waals surface area contributed by atoms with Crippen LogP contribution in [0, 0.1) is 11.8 Å². The third-order valence-electron chi connectivity index (χ3n) is 6.87. The quantitative estimate of drug-likeness (QED) is 0.599. The summed E-state index contributed by atoms with van der Waals surface area (Å²) in [4.78, 5) is 42.3. The maximum absolute atomic E-state index is 13.9. The molecule has 3 aliphatic heterocycles. The number of rotatable bonds is 8. The molecule has 0 aliphatic carbocycles. The standard InChI is InChI=1S/C23H28N2O6/c1-3-11-24(12-15-7-5-4-6-8-15)21(28)19-23-10-9-16(31-23)17(22(29)30)18(23)20(27)25(19)14(2)13-26/h3-8,14,16-19,26H,1,9-13H2,2H3,(H,29,30)/t14-,16-,17+,18+,19-,23+/m1/s1. The molecule has 0 saturated carbocycles. The zero-order valence-corrected chi connectivity index (χ0v) is 17.5. The Morgan fingerprint density at radius 1 is 1.39 bits per heavy atom. The summed E-state index contributed by atoms with van der Waals surface area (Å²) in [5, 5.41) is 19.6. The number of nitrogens with zero attached hydrogens (tertiary/aromatic N) is 2. The number of benzene rings is 1. The average molecular weight is 428 g/mol. The van der Waals surface area contributed by atoms with Crippen molar-refractivity contribution in [1.82, 2.24) is 9.80 Å². The number of carboxylic acids is 1. The summed E-state index contributed by atoms with van der Waals surface area (Å²) in [5.41, 5.74) is -0.251. The summed E-state index contributed by atoms with van der Waals surface area (Å²) in [6, 6.07) is 7.88. The normalized spacial score (nSPS) is 32.1. The molecule has 3 heterocycles. The van der Waals surface area contributed by atoms with Crippen molar-refractivity contribution < 1.29 is 29.3 Å². The Labute approximate surface area is 181 Å². The van der Waals surface area contributed by atoms with Crippen LogP contribution in [0.5, 0.6) is 0 Å². The smallest absolute Gasteiger partial charge is 0.310 e. The molecule has 2 N–H and O–H groups in total. The molecule has 4 rings (SSSR count). The molecule has 1 aromatic rings. The maximum Gasteiger partial charge on any atom is 0.310 e. The minimum Gasteiger partial charge on any atom is -0.481 e. The molecule has 0 radical (unpaired) electrons. The molecule has 1 aromatic carbocycles. The first-order valence-corrected chi connectivity index (χ1v) is 10.6. The largest absolute Gasteiger partial charge is 0.481 e. The van der Waals surface area contributed by atoms with Gasteiger partial charge in [-0.2, -0.15) is 0 Å². The van der Waals surface area contributed by atoms with E-state index in [1.54, 1.807) is 17.9 Å². The van der Waals surface area contributed by atoms with Gasteiger partial charge in [0.05, 0.1) is 30.6 Å². The van der Waals surface area contributed by atoms with Crippen LogP contribution in [0.25, 0.3) is 0 Å². The summed E-state index contributed by atoms with van der Waals surface area (Å²) in [7, 11) is 0. The van der Waals surface area contributed by atoms with Gasteiger partial charge in [0.15, 0.2) is 0 Å². The van der Waals surface area contributed by atoms with Gasteiger partial charge in [0.25, 0.3) is 0 Å². The Kier molecular flexibility index (Phi) is 5.61. The molecular weight excluding hydrogens is 400 g/mol. The molecule has 0 unspecified atom stereocenters. The van der Waals surface area contributed by atoms with Crippen LogP contribution in [-0.2, 0) is 25.7 Å². The highest BCUT2D eigenvalue weighted by molar-refractivity contribution is 5.98. The third kappa shape index (κ3) is 3.25. The molecule has 3 fully saturated rings. The Morgan fingerprint density at radius 3 is 2.71 bits per heavy atom. The van der Waals surface area contributed by atoms with E-state index in [4.69, 9.17) is 4.74 Å². The van der Waals surface area contributed by atoms with E-state index in [9.17, 15) is 24.6 Å². The first-order chi connectivity index (χ1) is 14.9. The molecule has 1 spiro atoms. The fourth-order valence-electron chi connectivity index (χ4n) is 5.58. The van der Waals surface area contributed by atoms with E-state index in [1.165, 1.54) is 4.90 Å². The lowest BCUT2D eigenvalue weighted by molar-refractivity contribution is -0.153. The van der Waals surface area contributed by atoms with Gasteiger partial charge in [-0.15, -0.1) is 6.58 Å². The van der Waals surface area contributed by atoms with E-state index < -0.39 is 47.5 Å². The van der Waals surface area contributed by atoms with Gasteiger partial charge in [0.2, 0.25) is 11.8 Å². The summed E-state index contributed by atoms with van der Waals surface area (Å²) in [5.74, 6) is -3.72. The summed E-state index contributed by atoms with van der Waals surface area (Å²) in [6.07, 6.45) is 1.98. The number of fused-ring (bicyclic) bond motifs is 1. The first kappa shape index (κ1) is 21.5. The van der Waals surface area contributed by atoms with Gasteiger partial charge in [-0.1, -0.05) is 36.4 Å². The van der Waals surface area contributed by atoms with Gasteiger partial charge >= 0.3 is 5.97 Å². The van der Waals surface area contributed by atoms with Gasteiger partial charge in [0.1, 0.15) is 11.6 Å². The summed E-state index contributed by atoms with van der Waals surface area (Å²) in [6.45, 7) is 5.68. The van der Waals surface area contributed by atoms with E-state index in [0.29, 0.717) is 19.4 Å². The predicted octanol–water partition coefficient (Wildman–Crippen LogP) is 1.04. The number of aliphatic carboxylic acids is 1. The van der Waals surface area contributed by atoms with Crippen LogP contribution >= 0.6 is 0 Å². The second-order valence-corrected chi connectivity index (χ2v) is 8.66. The number of aliphatic hydroxyl groups is 1. The number of carbonyl (C=O) groups is 3. The van der Waals surface area contributed by atoms with Gasteiger partial charge in [0, 0.05) is 13.1 Å². The number of ether oxygens (including phenoxy) is 1. The molecule has 6 atom stereocenters. The molecule has 2 amide bonds. The van der Waals surface area contributed by atoms with Crippen molar-refractivity contribution in [2.75, 3.05) is 13.2 Å². The van der Waals surface area contributed by atoms with E-state index in [1.807, 2.05) is 30.3 Å². The minimum absolute atomic E-state index is 0.270. The number of likely N-dealkylation sites (tertiary alicyclic amines) is 1. The number of hydrogen-bond acceptors (Lipinski definition) is 5. The molecule has 0 aromatic heterocycles. The monoisotopic (exact) mass is 428 g/mol. The van der Waals surface area contributed by atoms with Gasteiger partial charge in [-0.05, 0) is 25.3 Å². The van der Waals surface area contributed by atoms with Gasteiger partial charge < -0.3 is 24.7 Å². The van der Waals surface area contributed by atoms with Crippen molar-refractivity contribution in [3.05, 3.63) is 48.6 Å². The topological polar surface area (TPSA) is 107 Å². The number of hydrogen-bond donors (Lipinski definition) is 2. The van der Waals surface area contributed by atoms with Gasteiger partial charge in [-0.3, -0.25) is 14.4 Å². The number of carboxylic acid groups (broad SMARTS) is 1. The van der Waals surface area contributed by atoms with E-state index >= 15 is 0 Å². The van der Waals surface area contributed by atoms with Gasteiger partial charge in [-0.25, -0.2) is 0 Å². The van der Waals surface area contributed by atoms with E-state index in [-0.39, 0.29) is 19.1 Å². The second-order valence-electron chi connectivity index (χ2n) is 8.66. The fourth-order valence-corrected chi connectivity index (χ4v) is 5.58. The van der Waals surface area contributed by atoms with E-state index in [0.717, 1.165) is 5.56 Å². The SMILES string of the molecule is C=CCN(Cc1ccccc1)C(=O)[C@H]1N([C@H](C)CO)C(=O)[C@@H]2[C@@H](C(=O)O)[C@H]3CC[C@]21O3. The summed E-state index contributed by atoms with van der Waals surface area (Å²) < 4.78 is 6.17. The molecule has 8 nitrogen and oxygen atoms in total. The Bertz CT molecular complexity index is 889. The number of amides is 2. The van der Waals surface area contributed by atoms with Crippen molar-refractivity contribution in [2.24, 2.45) is 11.8 Å². The van der Waals surface area contributed by atoms with E-state index in [2.05, 4.69) is 6.58 Å². The average Bonchev–Trinajstić information content (AvgIpc) is 3.40. The third-order valence-corrected chi connectivity index (χ3v) is 6.87. The molecule has 2 bridgehead atoms. The van der Waals surface area contributed by atoms with Crippen LogP contribution in [0.1, 0.15) is 25.3 Å². The van der Waals surface area contributed by atoms with Crippen LogP contribution in [-0.4, -0.2) is 74.7 Å². The van der Waals surface area contributed by atoms with Crippen molar-refractivity contribution >= 4 is 17.8 Å². The minimum atomic E-state index is -1.18. The van der Waals surface area contributed by atoms with Crippen molar-refractivity contribution in [3.63, 3.8) is 0 Å². The molecule has 8 heteroatoms. The highest BCUT2D eigenvalue weighted by Crippen LogP contribution is 2.58. The van der Waals surface area contributed by atoms with Crippen molar-refractivity contribution in [1.29, 1.82) is 0 Å². The Morgan fingerprint density at radius 2 is 2.10 bits per heavy atom. The maximum atomic E-state index is 13.9. The zero-order chi connectivity index (χ0) is 22.3. The lowest BCUT2D eigenvalue weighted by atomic mass is 9.70. The Hall–Kier alpha value is -2.71. The number of aliphatic hydroxyl groups excluding tert-OH is 1. The zero-order valence-electron chi connectivity index (χ0n) is 17.5. The van der Waals surface area contributed by atoms with Crippen LogP contribution in [0.4, 0.5) is 0 Å². The second kappa shape index (κ2) is 8.09. The lowest BCUT2D eigenvalue weighted by Gasteiger charge is -2.38.